The van der Waals surface area contributed by atoms with Crippen LogP contribution in [-0.2, 0) is 10.2 Å². The molecule has 1 unspecified atom stereocenters. The lowest BCUT2D eigenvalue weighted by Crippen LogP contribution is -2.61. The summed E-state index contributed by atoms with van der Waals surface area (Å²) in [6.07, 6.45) is 4.25. The van der Waals surface area contributed by atoms with Gasteiger partial charge < -0.3 is 20.1 Å². The van der Waals surface area contributed by atoms with E-state index in [4.69, 9.17) is 4.74 Å². The first kappa shape index (κ1) is 25.1. The number of benzene rings is 3. The number of carbonyl (C=O) groups is 2. The van der Waals surface area contributed by atoms with E-state index < -0.39 is 6.10 Å². The lowest BCUT2D eigenvalue weighted by atomic mass is 9.57. The monoisotopic (exact) mass is 512 g/mol. The van der Waals surface area contributed by atoms with Gasteiger partial charge in [-0.25, -0.2) is 0 Å². The van der Waals surface area contributed by atoms with Crippen LogP contribution in [0.5, 0.6) is 5.75 Å². The third-order valence-corrected chi connectivity index (χ3v) is 8.87. The van der Waals surface area contributed by atoms with E-state index in [1.165, 1.54) is 19.8 Å². The van der Waals surface area contributed by atoms with E-state index in [2.05, 4.69) is 16.3 Å². The molecule has 3 aliphatic rings. The standard InChI is InChI=1S/C32H36N2O4/c1-21(35)38-28-8-4-7-26(16-28)32-13-14-34(19-22-9-10-22)20-29(32)30(36)17-27(18-32)33-31(37)25-12-11-23-5-2-3-6-24(23)15-25/h2-8,11-12,15-16,22,27,29-30,36H,9-10,13-14,17-20H2,1H3,(H,33,37)/t27-,29+,30?,32+/m1/s1. The molecular weight excluding hydrogens is 476 g/mol. The van der Waals surface area contributed by atoms with Crippen LogP contribution in [0.15, 0.2) is 66.7 Å². The summed E-state index contributed by atoms with van der Waals surface area (Å²) in [6, 6.07) is 21.4. The van der Waals surface area contributed by atoms with Crippen LogP contribution in [-0.4, -0.2) is 53.7 Å². The van der Waals surface area contributed by atoms with Crippen LogP contribution < -0.4 is 10.1 Å². The predicted octanol–water partition coefficient (Wildman–Crippen LogP) is 4.69. The number of esters is 1. The number of hydrogen-bond acceptors (Lipinski definition) is 5. The summed E-state index contributed by atoms with van der Waals surface area (Å²) in [5.74, 6) is 0.919. The van der Waals surface area contributed by atoms with Gasteiger partial charge in [0.15, 0.2) is 0 Å². The maximum absolute atomic E-state index is 13.4. The molecule has 0 spiro atoms. The minimum Gasteiger partial charge on any atom is -0.427 e. The molecule has 1 heterocycles. The average Bonchev–Trinajstić information content (AvgIpc) is 3.72. The predicted molar refractivity (Wildman–Crippen MR) is 147 cm³/mol. The first-order valence-electron chi connectivity index (χ1n) is 13.9. The third kappa shape index (κ3) is 5.07. The van der Waals surface area contributed by atoms with Crippen LogP contribution in [0.3, 0.4) is 0 Å². The van der Waals surface area contributed by atoms with Crippen molar-refractivity contribution in [2.75, 3.05) is 19.6 Å². The number of likely N-dealkylation sites (tertiary alicyclic amines) is 1. The number of aliphatic hydroxyl groups excluding tert-OH is 1. The molecule has 2 N–H and O–H groups in total. The van der Waals surface area contributed by atoms with Crippen LogP contribution in [0.2, 0.25) is 0 Å². The van der Waals surface area contributed by atoms with E-state index in [0.717, 1.165) is 54.7 Å². The van der Waals surface area contributed by atoms with Crippen molar-refractivity contribution in [2.45, 2.75) is 56.6 Å². The van der Waals surface area contributed by atoms with Crippen molar-refractivity contribution in [1.82, 2.24) is 10.2 Å². The molecule has 1 amide bonds. The van der Waals surface area contributed by atoms with Crippen molar-refractivity contribution in [2.24, 2.45) is 11.8 Å². The largest absolute Gasteiger partial charge is 0.427 e. The van der Waals surface area contributed by atoms with Gasteiger partial charge in [-0.15, -0.1) is 0 Å². The van der Waals surface area contributed by atoms with Crippen molar-refractivity contribution >= 4 is 22.6 Å². The molecule has 38 heavy (non-hydrogen) atoms. The number of aliphatic hydroxyl groups is 1. The second-order valence-corrected chi connectivity index (χ2v) is 11.6. The number of carbonyl (C=O) groups excluding carboxylic acids is 2. The SMILES string of the molecule is CC(=O)Oc1cccc([C@@]23CCN(CC4CC4)C[C@H]2C(O)C[C@@H](NC(=O)c2ccc4ccccc4c2)C3)c1. The molecule has 6 nitrogen and oxygen atoms in total. The summed E-state index contributed by atoms with van der Waals surface area (Å²) in [7, 11) is 0. The van der Waals surface area contributed by atoms with Crippen molar-refractivity contribution < 1.29 is 19.4 Å². The fourth-order valence-corrected chi connectivity index (χ4v) is 6.86. The van der Waals surface area contributed by atoms with E-state index in [1.807, 2.05) is 54.6 Å². The minimum atomic E-state index is -0.537. The van der Waals surface area contributed by atoms with Crippen LogP contribution >= 0.6 is 0 Å². The fourth-order valence-electron chi connectivity index (χ4n) is 6.86. The van der Waals surface area contributed by atoms with Gasteiger partial charge in [-0.2, -0.15) is 0 Å². The van der Waals surface area contributed by atoms with Gasteiger partial charge in [-0.1, -0.05) is 42.5 Å². The molecular formula is C32H36N2O4. The van der Waals surface area contributed by atoms with Crippen LogP contribution in [0.1, 0.15) is 54.9 Å². The van der Waals surface area contributed by atoms with E-state index in [1.54, 1.807) is 6.07 Å². The zero-order chi connectivity index (χ0) is 26.3. The highest BCUT2D eigenvalue weighted by atomic mass is 16.5. The summed E-state index contributed by atoms with van der Waals surface area (Å²) >= 11 is 0. The van der Waals surface area contributed by atoms with Crippen LogP contribution in [0.4, 0.5) is 0 Å². The maximum Gasteiger partial charge on any atom is 0.308 e. The zero-order valence-corrected chi connectivity index (χ0v) is 21.9. The van der Waals surface area contributed by atoms with Crippen LogP contribution in [0.25, 0.3) is 10.8 Å². The quantitative estimate of drug-likeness (QED) is 0.370. The molecule has 0 radical (unpaired) electrons. The average molecular weight is 513 g/mol. The van der Waals surface area contributed by atoms with E-state index in [9.17, 15) is 14.7 Å². The van der Waals surface area contributed by atoms with Gasteiger partial charge in [0.25, 0.3) is 5.91 Å². The molecule has 6 heteroatoms. The molecule has 3 fully saturated rings. The molecule has 4 atom stereocenters. The van der Waals surface area contributed by atoms with Gasteiger partial charge in [0, 0.05) is 43.0 Å². The van der Waals surface area contributed by atoms with Crippen molar-refractivity contribution in [3.05, 3.63) is 77.9 Å². The summed E-state index contributed by atoms with van der Waals surface area (Å²) in [6.45, 7) is 4.32. The number of rotatable bonds is 6. The number of fused-ring (bicyclic) bond motifs is 2. The fraction of sp³-hybridized carbons (Fsp3) is 0.438. The van der Waals surface area contributed by atoms with E-state index in [0.29, 0.717) is 17.7 Å². The second kappa shape index (κ2) is 10.2. The van der Waals surface area contributed by atoms with Crippen LogP contribution in [0, 0.1) is 11.8 Å². The number of nitrogens with zero attached hydrogens (tertiary/aromatic N) is 1. The molecule has 1 saturated heterocycles. The van der Waals surface area contributed by atoms with Gasteiger partial charge in [0.2, 0.25) is 0 Å². The highest BCUT2D eigenvalue weighted by molar-refractivity contribution is 5.98. The van der Waals surface area contributed by atoms with E-state index in [-0.39, 0.29) is 29.3 Å². The molecule has 3 aromatic carbocycles. The Labute approximate surface area is 224 Å². The Kier molecular flexibility index (Phi) is 6.70. The smallest absolute Gasteiger partial charge is 0.308 e. The highest BCUT2D eigenvalue weighted by Gasteiger charge is 2.52. The first-order valence-corrected chi connectivity index (χ1v) is 13.9. The van der Waals surface area contributed by atoms with Gasteiger partial charge in [0.05, 0.1) is 6.10 Å². The van der Waals surface area contributed by atoms with Crippen molar-refractivity contribution in [3.63, 3.8) is 0 Å². The summed E-state index contributed by atoms with van der Waals surface area (Å²) < 4.78 is 5.43. The molecule has 0 aromatic heterocycles. The molecule has 3 aromatic rings. The lowest BCUT2D eigenvalue weighted by molar-refractivity contribution is -0.131. The Morgan fingerprint density at radius 2 is 1.87 bits per heavy atom. The number of ether oxygens (including phenoxy) is 1. The summed E-state index contributed by atoms with van der Waals surface area (Å²) in [5, 5.41) is 16.9. The van der Waals surface area contributed by atoms with Gasteiger partial charge in [0.1, 0.15) is 5.75 Å². The number of piperidine rings is 1. The second-order valence-electron chi connectivity index (χ2n) is 11.6. The topological polar surface area (TPSA) is 78.9 Å². The lowest BCUT2D eigenvalue weighted by Gasteiger charge is -2.55. The van der Waals surface area contributed by atoms with Gasteiger partial charge in [-0.3, -0.25) is 9.59 Å². The number of amides is 1. The Morgan fingerprint density at radius 1 is 1.05 bits per heavy atom. The minimum absolute atomic E-state index is 0.0522. The Hall–Kier alpha value is -3.22. The molecule has 2 aliphatic carbocycles. The zero-order valence-electron chi connectivity index (χ0n) is 21.9. The number of hydrogen-bond donors (Lipinski definition) is 2. The molecule has 2 saturated carbocycles. The summed E-state index contributed by atoms with van der Waals surface area (Å²) in [5.41, 5.74) is 1.40. The van der Waals surface area contributed by atoms with E-state index >= 15 is 0 Å². The molecule has 6 rings (SSSR count). The van der Waals surface area contributed by atoms with Gasteiger partial charge in [-0.05, 0) is 85.2 Å². The Morgan fingerprint density at radius 3 is 2.66 bits per heavy atom. The first-order chi connectivity index (χ1) is 18.4. The molecule has 1 aliphatic heterocycles. The molecule has 0 bridgehead atoms. The third-order valence-electron chi connectivity index (χ3n) is 8.87. The van der Waals surface area contributed by atoms with Crippen molar-refractivity contribution in [1.29, 1.82) is 0 Å². The Balaban J connectivity index is 1.28. The van der Waals surface area contributed by atoms with Crippen molar-refractivity contribution in [3.8, 4) is 5.75 Å². The number of nitrogens with one attached hydrogen (secondary N) is 1. The normalized spacial score (nSPS) is 27.5. The molecule has 198 valence electrons. The van der Waals surface area contributed by atoms with Gasteiger partial charge >= 0.3 is 5.97 Å². The highest BCUT2D eigenvalue weighted by Crippen LogP contribution is 2.50. The Bertz CT molecular complexity index is 1350. The maximum atomic E-state index is 13.4. The summed E-state index contributed by atoms with van der Waals surface area (Å²) in [4.78, 5) is 27.5.